The fraction of sp³-hybridized carbons (Fsp3) is 0.312. The average Bonchev–Trinajstić information content (AvgIpc) is 3.29. The minimum absolute atomic E-state index is 0. The number of carbonyl (C=O) groups is 5. The molecule has 2 atom stereocenters. The number of hydrogen-bond donors (Lipinski definition) is 5. The number of aryl methyl sites for hydroxylation is 2. The van der Waals surface area contributed by atoms with Crippen molar-refractivity contribution in [1.29, 1.82) is 0 Å². The number of benzene rings is 3. The first-order chi connectivity index (χ1) is 32.0. The standard InChI is InChI=1S/C26H27Cl4N3O2.C22H23N5O5.ClH/c1-32-24(4-2-3-9-31)26(35)33-14-18(10-16-5-7-20(27)22(29)12-16)25(34)19(15-33)11-17-6-8-21(28)23(30)13-17;1-12(28)2-6-15(21(31)32)10-17(29)14-7-3-13(4-8-14)5-9-16-11-24-18-19(25-16)26-22(23)27-20(18)30;/h5-8,10-13,24,32H,2-4,9,14-15,31H2,1H3;3-4,7-8,11,15H,2,5-6,9-10H2,1H3,(H,31,32)(H3,23,25,26,27,30);1H/b18-10+,19-11+;;/t24-;15-;/m10./s1. The van der Waals surface area contributed by atoms with Crippen LogP contribution in [0.25, 0.3) is 23.3 Å². The van der Waals surface area contributed by atoms with Crippen molar-refractivity contribution in [3.8, 4) is 0 Å². The van der Waals surface area contributed by atoms with E-state index < -0.39 is 17.4 Å². The summed E-state index contributed by atoms with van der Waals surface area (Å²) in [5.74, 6) is -2.58. The van der Waals surface area contributed by atoms with Crippen molar-refractivity contribution in [2.45, 2.75) is 64.3 Å². The number of anilines is 1. The Morgan fingerprint density at radius 3 is 1.99 bits per heavy atom. The number of carboxylic acid groups (broad SMARTS) is 1. The van der Waals surface area contributed by atoms with Gasteiger partial charge in [-0.25, -0.2) is 9.97 Å². The van der Waals surface area contributed by atoms with Crippen molar-refractivity contribution in [3.05, 3.63) is 136 Å². The van der Waals surface area contributed by atoms with E-state index in [-0.39, 0.29) is 91.2 Å². The maximum atomic E-state index is 13.4. The Kier molecular flexibility index (Phi) is 21.3. The van der Waals surface area contributed by atoms with Crippen LogP contribution in [-0.2, 0) is 32.0 Å². The molecule has 1 aliphatic heterocycles. The Bertz CT molecular complexity index is 2690. The molecular formula is C48H51Cl5N8O7. The largest absolute Gasteiger partial charge is 0.481 e. The van der Waals surface area contributed by atoms with Crippen LogP contribution in [0.2, 0.25) is 20.1 Å². The molecule has 1 saturated heterocycles. The number of likely N-dealkylation sites (tertiary alicyclic amines) is 1. The van der Waals surface area contributed by atoms with Gasteiger partial charge in [0.1, 0.15) is 5.78 Å². The smallest absolute Gasteiger partial charge is 0.306 e. The predicted molar refractivity (Wildman–Crippen MR) is 270 cm³/mol. The van der Waals surface area contributed by atoms with Crippen molar-refractivity contribution < 1.29 is 29.1 Å². The average molecular weight is 1030 g/mol. The second kappa shape index (κ2) is 26.3. The number of amides is 1. The van der Waals surface area contributed by atoms with Crippen LogP contribution in [0.15, 0.2) is 82.8 Å². The summed E-state index contributed by atoms with van der Waals surface area (Å²) in [6.45, 7) is 2.35. The number of aromatic nitrogens is 4. The monoisotopic (exact) mass is 1030 g/mol. The summed E-state index contributed by atoms with van der Waals surface area (Å²) in [6.07, 6.45) is 8.63. The van der Waals surface area contributed by atoms with Crippen molar-refractivity contribution in [3.63, 3.8) is 0 Å². The Balaban J connectivity index is 0.000000293. The quantitative estimate of drug-likeness (QED) is 0.0317. The SMILES string of the molecule is CC(=O)CC[C@@H](CC(=O)c1ccc(CCc2cnc3c(=O)[nH]c(N)nc3n2)cc1)C(=O)O.CN[C@H](CCCCN)C(=O)N1C/C(=C\c2ccc(Cl)c(Cl)c2)C(=O)/C(=C/c2ccc(Cl)c(Cl)c2)C1.Cl. The number of nitrogens with one attached hydrogen (secondary N) is 2. The molecule has 1 fully saturated rings. The van der Waals surface area contributed by atoms with Gasteiger partial charge >= 0.3 is 5.97 Å². The zero-order valence-corrected chi connectivity index (χ0v) is 41.0. The number of hydrogen-bond acceptors (Lipinski definition) is 12. The number of carboxylic acids is 1. The highest BCUT2D eigenvalue weighted by Gasteiger charge is 2.32. The Hall–Kier alpha value is -5.52. The molecule has 0 unspecified atom stereocenters. The number of ketones is 3. The summed E-state index contributed by atoms with van der Waals surface area (Å²) in [6, 6.07) is 16.8. The first kappa shape index (κ1) is 55.1. The third-order valence-corrected chi connectivity index (χ3v) is 12.3. The van der Waals surface area contributed by atoms with Gasteiger partial charge in [-0.3, -0.25) is 29.0 Å². The molecule has 15 nitrogen and oxygen atoms in total. The van der Waals surface area contributed by atoms with E-state index in [1.807, 2.05) is 0 Å². The lowest BCUT2D eigenvalue weighted by atomic mass is 9.93. The molecule has 0 spiro atoms. The number of carbonyl (C=O) groups excluding carboxylic acids is 4. The van der Waals surface area contributed by atoms with Gasteiger partial charge in [0.25, 0.3) is 5.56 Å². The van der Waals surface area contributed by atoms with Gasteiger partial charge in [-0.05, 0) is 106 Å². The highest BCUT2D eigenvalue weighted by atomic mass is 35.5. The number of likely N-dealkylation sites (N-methyl/N-ethyl adjacent to an activating group) is 1. The number of aliphatic carboxylic acids is 1. The molecule has 1 amide bonds. The zero-order valence-electron chi connectivity index (χ0n) is 37.2. The van der Waals surface area contributed by atoms with E-state index in [9.17, 15) is 33.9 Å². The molecule has 0 bridgehead atoms. The third kappa shape index (κ3) is 15.8. The first-order valence-electron chi connectivity index (χ1n) is 21.3. The van der Waals surface area contributed by atoms with Crippen LogP contribution in [0.3, 0.4) is 0 Å². The summed E-state index contributed by atoms with van der Waals surface area (Å²) >= 11 is 24.4. The van der Waals surface area contributed by atoms with Crippen LogP contribution in [0.1, 0.15) is 78.2 Å². The number of nitrogens with zero attached hydrogens (tertiary/aromatic N) is 4. The summed E-state index contributed by atoms with van der Waals surface area (Å²) in [5.41, 5.74) is 15.4. The van der Waals surface area contributed by atoms with Crippen LogP contribution in [0.4, 0.5) is 5.95 Å². The van der Waals surface area contributed by atoms with Crippen LogP contribution in [-0.4, -0.2) is 91.9 Å². The van der Waals surface area contributed by atoms with Gasteiger partial charge in [-0.2, -0.15) is 4.98 Å². The molecule has 0 radical (unpaired) electrons. The number of nitrogen functional groups attached to an aromatic ring is 1. The maximum absolute atomic E-state index is 13.4. The number of nitrogens with two attached hydrogens (primary N) is 2. The molecule has 5 aromatic rings. The maximum Gasteiger partial charge on any atom is 0.306 e. The highest BCUT2D eigenvalue weighted by molar-refractivity contribution is 6.42. The molecule has 360 valence electrons. The van der Waals surface area contributed by atoms with E-state index in [0.29, 0.717) is 68.3 Å². The molecule has 6 rings (SSSR count). The second-order valence-corrected chi connectivity index (χ2v) is 17.5. The lowest BCUT2D eigenvalue weighted by Crippen LogP contribution is -2.49. The molecule has 7 N–H and O–H groups in total. The Morgan fingerprint density at radius 1 is 0.853 bits per heavy atom. The summed E-state index contributed by atoms with van der Waals surface area (Å²) < 4.78 is 0. The van der Waals surface area contributed by atoms with Gasteiger partial charge in [-0.15, -0.1) is 12.4 Å². The third-order valence-electron chi connectivity index (χ3n) is 10.8. The number of H-pyrrole nitrogens is 1. The number of fused-ring (bicyclic) bond motifs is 1. The second-order valence-electron chi connectivity index (χ2n) is 15.9. The molecule has 0 saturated carbocycles. The minimum atomic E-state index is -1.08. The first-order valence-corrected chi connectivity index (χ1v) is 22.8. The van der Waals surface area contributed by atoms with E-state index in [2.05, 4.69) is 25.3 Å². The Labute approximate surface area is 419 Å². The number of piperidine rings is 1. The van der Waals surface area contributed by atoms with E-state index in [1.165, 1.54) is 13.1 Å². The molecule has 2 aromatic heterocycles. The van der Waals surface area contributed by atoms with E-state index in [0.717, 1.165) is 29.5 Å². The van der Waals surface area contributed by atoms with Gasteiger partial charge in [0.15, 0.2) is 22.7 Å². The number of unbranched alkanes of at least 4 members (excludes halogenated alkanes) is 1. The molecule has 0 aliphatic carbocycles. The fourth-order valence-electron chi connectivity index (χ4n) is 7.16. The van der Waals surface area contributed by atoms with Gasteiger partial charge in [0.05, 0.1) is 37.7 Å². The van der Waals surface area contributed by atoms with Gasteiger partial charge in [0.2, 0.25) is 11.9 Å². The summed E-state index contributed by atoms with van der Waals surface area (Å²) in [5, 5.41) is 14.0. The lowest BCUT2D eigenvalue weighted by molar-refractivity contribution is -0.142. The van der Waals surface area contributed by atoms with Gasteiger partial charge in [0, 0.05) is 48.8 Å². The minimum Gasteiger partial charge on any atom is -0.481 e. The van der Waals surface area contributed by atoms with Crippen molar-refractivity contribution in [2.75, 3.05) is 32.4 Å². The molecule has 20 heteroatoms. The van der Waals surface area contributed by atoms with E-state index in [1.54, 1.807) is 84.8 Å². The van der Waals surface area contributed by atoms with Crippen LogP contribution >= 0.6 is 58.8 Å². The van der Waals surface area contributed by atoms with Crippen molar-refractivity contribution in [2.24, 2.45) is 11.7 Å². The topological polar surface area (TPSA) is 244 Å². The predicted octanol–water partition coefficient (Wildman–Crippen LogP) is 8.04. The van der Waals surface area contributed by atoms with Crippen molar-refractivity contribution in [1.82, 2.24) is 30.2 Å². The summed E-state index contributed by atoms with van der Waals surface area (Å²) in [7, 11) is 1.76. The number of aromatic amines is 1. The molecule has 68 heavy (non-hydrogen) atoms. The van der Waals surface area contributed by atoms with Crippen molar-refractivity contribution >= 4 is 117 Å². The molecule has 3 aromatic carbocycles. The molecule has 1 aliphatic rings. The number of halogens is 5. The van der Waals surface area contributed by atoms with Crippen LogP contribution in [0.5, 0.6) is 0 Å². The van der Waals surface area contributed by atoms with E-state index in [4.69, 9.17) is 57.9 Å². The van der Waals surface area contributed by atoms with Crippen LogP contribution < -0.4 is 22.3 Å². The van der Waals surface area contributed by atoms with Crippen LogP contribution in [0, 0.1) is 5.92 Å². The molecule has 3 heterocycles. The zero-order chi connectivity index (χ0) is 48.8. The Morgan fingerprint density at radius 2 is 1.46 bits per heavy atom. The van der Waals surface area contributed by atoms with E-state index >= 15 is 0 Å². The lowest BCUT2D eigenvalue weighted by Gasteiger charge is -2.32. The summed E-state index contributed by atoms with van der Waals surface area (Å²) in [4.78, 5) is 90.1. The van der Waals surface area contributed by atoms with Gasteiger partial charge < -0.3 is 31.6 Å². The molecular weight excluding hydrogens is 978 g/mol. The number of rotatable bonds is 18. The van der Waals surface area contributed by atoms with Gasteiger partial charge in [-0.1, -0.05) is 89.2 Å². The normalized spacial score (nSPS) is 14.5. The highest BCUT2D eigenvalue weighted by Crippen LogP contribution is 2.29. The number of Topliss-reactive ketones (excluding diaryl/α,β-unsaturated/α-hetero) is 3. The fourth-order valence-corrected chi connectivity index (χ4v) is 7.77.